The number of thioether (sulfide) groups is 1. The highest BCUT2D eigenvalue weighted by Gasteiger charge is 2.03. The predicted molar refractivity (Wildman–Crippen MR) is 75.2 cm³/mol. The van der Waals surface area contributed by atoms with Crippen LogP contribution in [0.4, 0.5) is 0 Å². The fourth-order valence-electron chi connectivity index (χ4n) is 1.80. The van der Waals surface area contributed by atoms with Gasteiger partial charge < -0.3 is 5.32 Å². The molecule has 1 unspecified atom stereocenters. The van der Waals surface area contributed by atoms with E-state index in [4.69, 9.17) is 0 Å². The molecule has 0 aliphatic rings. The van der Waals surface area contributed by atoms with E-state index in [0.717, 1.165) is 18.8 Å². The highest BCUT2D eigenvalue weighted by Crippen LogP contribution is 2.19. The van der Waals surface area contributed by atoms with Gasteiger partial charge in [0.15, 0.2) is 0 Å². The second-order valence-electron chi connectivity index (χ2n) is 4.43. The zero-order valence-corrected chi connectivity index (χ0v) is 11.7. The van der Waals surface area contributed by atoms with Gasteiger partial charge >= 0.3 is 0 Å². The molecule has 0 amide bonds. The first-order valence-corrected chi connectivity index (χ1v) is 7.06. The molecule has 0 bridgehead atoms. The molecule has 0 heterocycles. The van der Waals surface area contributed by atoms with Crippen molar-refractivity contribution in [2.24, 2.45) is 0 Å². The molecule has 2 heteroatoms. The van der Waals surface area contributed by atoms with Crippen molar-refractivity contribution in [3.63, 3.8) is 0 Å². The maximum Gasteiger partial charge on any atom is 0.0187 e. The van der Waals surface area contributed by atoms with Gasteiger partial charge in [0, 0.05) is 17.5 Å². The lowest BCUT2D eigenvalue weighted by atomic mass is 10.1. The standard InChI is InChI=1S/C14H23NS/c1-5-15-9-13(4)16-10-14-7-11(2)6-12(3)8-14/h6-8,13,15H,5,9-10H2,1-4H3. The van der Waals surface area contributed by atoms with Crippen LogP contribution in [0.5, 0.6) is 0 Å². The predicted octanol–water partition coefficient (Wildman–Crippen LogP) is 3.53. The van der Waals surface area contributed by atoms with Crippen molar-refractivity contribution in [3.8, 4) is 0 Å². The zero-order valence-electron chi connectivity index (χ0n) is 10.8. The van der Waals surface area contributed by atoms with Crippen molar-refractivity contribution in [2.75, 3.05) is 13.1 Å². The fourth-order valence-corrected chi connectivity index (χ4v) is 2.68. The topological polar surface area (TPSA) is 12.0 Å². The minimum absolute atomic E-state index is 0.681. The van der Waals surface area contributed by atoms with E-state index < -0.39 is 0 Å². The number of aryl methyl sites for hydroxylation is 2. The SMILES string of the molecule is CCNCC(C)SCc1cc(C)cc(C)c1. The quantitative estimate of drug-likeness (QED) is 0.812. The number of benzene rings is 1. The summed E-state index contributed by atoms with van der Waals surface area (Å²) in [6.45, 7) is 10.9. The van der Waals surface area contributed by atoms with Crippen LogP contribution in [0.2, 0.25) is 0 Å². The van der Waals surface area contributed by atoms with Gasteiger partial charge in [-0.2, -0.15) is 11.8 Å². The van der Waals surface area contributed by atoms with Crippen molar-refractivity contribution >= 4 is 11.8 Å². The van der Waals surface area contributed by atoms with Crippen molar-refractivity contribution < 1.29 is 0 Å². The van der Waals surface area contributed by atoms with Gasteiger partial charge in [-0.15, -0.1) is 0 Å². The Balaban J connectivity index is 2.41. The molecule has 0 aliphatic carbocycles. The lowest BCUT2D eigenvalue weighted by molar-refractivity contribution is 0.713. The van der Waals surface area contributed by atoms with Crippen LogP contribution >= 0.6 is 11.8 Å². The highest BCUT2D eigenvalue weighted by molar-refractivity contribution is 7.99. The van der Waals surface area contributed by atoms with E-state index in [-0.39, 0.29) is 0 Å². The van der Waals surface area contributed by atoms with Gasteiger partial charge in [-0.05, 0) is 26.0 Å². The third kappa shape index (κ3) is 5.04. The van der Waals surface area contributed by atoms with Crippen LogP contribution in [0, 0.1) is 13.8 Å². The molecule has 0 aromatic heterocycles. The Labute approximate surface area is 104 Å². The average molecular weight is 237 g/mol. The Morgan fingerprint density at radius 2 is 1.81 bits per heavy atom. The molecule has 0 radical (unpaired) electrons. The maximum absolute atomic E-state index is 3.39. The summed E-state index contributed by atoms with van der Waals surface area (Å²) in [6.07, 6.45) is 0. The summed E-state index contributed by atoms with van der Waals surface area (Å²) in [5.74, 6) is 1.12. The first kappa shape index (κ1) is 13.6. The summed E-state index contributed by atoms with van der Waals surface area (Å²) < 4.78 is 0. The normalized spacial score (nSPS) is 12.8. The van der Waals surface area contributed by atoms with Crippen LogP contribution in [0.1, 0.15) is 30.5 Å². The van der Waals surface area contributed by atoms with Crippen molar-refractivity contribution in [2.45, 2.75) is 38.7 Å². The van der Waals surface area contributed by atoms with Gasteiger partial charge in [0.1, 0.15) is 0 Å². The van der Waals surface area contributed by atoms with E-state index in [0.29, 0.717) is 5.25 Å². The summed E-state index contributed by atoms with van der Waals surface area (Å²) in [4.78, 5) is 0. The molecular weight excluding hydrogens is 214 g/mol. The van der Waals surface area contributed by atoms with Gasteiger partial charge in [-0.25, -0.2) is 0 Å². The lowest BCUT2D eigenvalue weighted by Crippen LogP contribution is -2.22. The smallest absolute Gasteiger partial charge is 0.0187 e. The highest BCUT2D eigenvalue weighted by atomic mass is 32.2. The Morgan fingerprint density at radius 1 is 1.19 bits per heavy atom. The van der Waals surface area contributed by atoms with E-state index >= 15 is 0 Å². The van der Waals surface area contributed by atoms with E-state index in [9.17, 15) is 0 Å². The van der Waals surface area contributed by atoms with E-state index in [2.05, 4.69) is 51.2 Å². The third-order valence-corrected chi connectivity index (χ3v) is 3.73. The summed E-state index contributed by atoms with van der Waals surface area (Å²) in [5, 5.41) is 4.07. The molecule has 0 spiro atoms. The largest absolute Gasteiger partial charge is 0.316 e. The van der Waals surface area contributed by atoms with Gasteiger partial charge in [0.25, 0.3) is 0 Å². The monoisotopic (exact) mass is 237 g/mol. The molecule has 0 saturated carbocycles. The van der Waals surface area contributed by atoms with E-state index in [1.807, 2.05) is 11.8 Å². The Kier molecular flexibility index (Phi) is 5.93. The summed E-state index contributed by atoms with van der Waals surface area (Å²) >= 11 is 2.02. The first-order valence-electron chi connectivity index (χ1n) is 6.01. The van der Waals surface area contributed by atoms with E-state index in [1.165, 1.54) is 16.7 Å². The summed E-state index contributed by atoms with van der Waals surface area (Å²) in [7, 11) is 0. The van der Waals surface area contributed by atoms with Crippen LogP contribution in [-0.4, -0.2) is 18.3 Å². The molecule has 0 aliphatic heterocycles. The van der Waals surface area contributed by atoms with Crippen LogP contribution in [0.3, 0.4) is 0 Å². The number of hydrogen-bond donors (Lipinski definition) is 1. The van der Waals surface area contributed by atoms with Crippen LogP contribution in [0.25, 0.3) is 0 Å². The van der Waals surface area contributed by atoms with E-state index in [1.54, 1.807) is 0 Å². The van der Waals surface area contributed by atoms with Crippen molar-refractivity contribution in [3.05, 3.63) is 34.9 Å². The molecule has 16 heavy (non-hydrogen) atoms. The van der Waals surface area contributed by atoms with Gasteiger partial charge in [0.2, 0.25) is 0 Å². The number of nitrogens with one attached hydrogen (secondary N) is 1. The molecule has 1 rings (SSSR count). The average Bonchev–Trinajstić information content (AvgIpc) is 2.22. The zero-order chi connectivity index (χ0) is 12.0. The van der Waals surface area contributed by atoms with Crippen molar-refractivity contribution in [1.29, 1.82) is 0 Å². The lowest BCUT2D eigenvalue weighted by Gasteiger charge is -2.12. The Hall–Kier alpha value is -0.470. The van der Waals surface area contributed by atoms with Gasteiger partial charge in [-0.1, -0.05) is 43.2 Å². The first-order chi connectivity index (χ1) is 7.61. The van der Waals surface area contributed by atoms with Crippen LogP contribution < -0.4 is 5.32 Å². The fraction of sp³-hybridized carbons (Fsp3) is 0.571. The maximum atomic E-state index is 3.39. The molecule has 1 atom stereocenters. The summed E-state index contributed by atoms with van der Waals surface area (Å²) in [5.41, 5.74) is 4.19. The molecule has 0 fully saturated rings. The molecule has 0 saturated heterocycles. The third-order valence-electron chi connectivity index (χ3n) is 2.50. The molecule has 1 aromatic carbocycles. The van der Waals surface area contributed by atoms with Crippen LogP contribution in [-0.2, 0) is 5.75 Å². The molecular formula is C14H23NS. The Morgan fingerprint density at radius 3 is 2.38 bits per heavy atom. The van der Waals surface area contributed by atoms with Crippen LogP contribution in [0.15, 0.2) is 18.2 Å². The minimum Gasteiger partial charge on any atom is -0.316 e. The number of rotatable bonds is 6. The second-order valence-corrected chi connectivity index (χ2v) is 5.85. The van der Waals surface area contributed by atoms with Gasteiger partial charge in [-0.3, -0.25) is 0 Å². The second kappa shape index (κ2) is 6.97. The minimum atomic E-state index is 0.681. The molecule has 1 nitrogen and oxygen atoms in total. The molecule has 1 aromatic rings. The van der Waals surface area contributed by atoms with Gasteiger partial charge in [0.05, 0.1) is 0 Å². The summed E-state index contributed by atoms with van der Waals surface area (Å²) in [6, 6.07) is 6.82. The molecule has 90 valence electrons. The van der Waals surface area contributed by atoms with Crippen molar-refractivity contribution in [1.82, 2.24) is 5.32 Å². The Bertz CT molecular complexity index is 302. The number of hydrogen-bond acceptors (Lipinski definition) is 2. The molecule has 1 N–H and O–H groups in total.